The largest absolute Gasteiger partial charge is 0.357 e. The molecule has 0 bridgehead atoms. The van der Waals surface area contributed by atoms with Gasteiger partial charge in [0.25, 0.3) is 0 Å². The van der Waals surface area contributed by atoms with Crippen LogP contribution in [0.25, 0.3) is 22.6 Å². The highest BCUT2D eigenvalue weighted by atomic mass is 19.1. The lowest BCUT2D eigenvalue weighted by molar-refractivity contribution is 0.514. The Morgan fingerprint density at radius 2 is 1.41 bits per heavy atom. The molecule has 6 heteroatoms. The van der Waals surface area contributed by atoms with Gasteiger partial charge in [-0.25, -0.2) is 0 Å². The van der Waals surface area contributed by atoms with Crippen LogP contribution in [0.3, 0.4) is 0 Å². The second-order valence-corrected chi connectivity index (χ2v) is 7.47. The fourth-order valence-corrected chi connectivity index (χ4v) is 3.25. The summed E-state index contributed by atoms with van der Waals surface area (Å²) in [5.74, 6) is -1.74. The molecular formula is C23H20F2N4. The van der Waals surface area contributed by atoms with Gasteiger partial charge >= 0.3 is 0 Å². The minimum absolute atomic E-state index is 0.160. The van der Waals surface area contributed by atoms with E-state index in [0.29, 0.717) is 5.69 Å². The van der Waals surface area contributed by atoms with Crippen LogP contribution >= 0.6 is 0 Å². The van der Waals surface area contributed by atoms with Crippen molar-refractivity contribution >= 4 is 0 Å². The smallest absolute Gasteiger partial charge is 0.224 e. The Balaban J connectivity index is 1.74. The highest BCUT2D eigenvalue weighted by Crippen LogP contribution is 2.32. The van der Waals surface area contributed by atoms with Crippen molar-refractivity contribution < 1.29 is 8.78 Å². The van der Waals surface area contributed by atoms with Crippen LogP contribution in [0.2, 0.25) is 0 Å². The predicted octanol–water partition coefficient (Wildman–Crippen LogP) is 5.45. The van der Waals surface area contributed by atoms with E-state index in [2.05, 4.69) is 15.0 Å². The average Bonchev–Trinajstić information content (AvgIpc) is 3.14. The Morgan fingerprint density at radius 3 is 2.03 bits per heavy atom. The van der Waals surface area contributed by atoms with Crippen molar-refractivity contribution in [2.24, 2.45) is 0 Å². The van der Waals surface area contributed by atoms with Crippen molar-refractivity contribution in [3.8, 4) is 22.6 Å². The summed E-state index contributed by atoms with van der Waals surface area (Å²) in [7, 11) is 0. The van der Waals surface area contributed by atoms with Crippen LogP contribution in [-0.4, -0.2) is 19.9 Å². The standard InChI is InChI=1S/C23H20F2N4/c1-14-10-12-18(26-14)17-7-5-9-20(28-17)23(2,3)19-8-4-6-16(27-19)15-11-13-21(24)29-22(15)25/h4-13,26H,1-3H3. The first-order chi connectivity index (χ1) is 13.8. The van der Waals surface area contributed by atoms with Gasteiger partial charge in [-0.15, -0.1) is 0 Å². The lowest BCUT2D eigenvalue weighted by Gasteiger charge is -2.24. The molecule has 0 unspecified atom stereocenters. The van der Waals surface area contributed by atoms with Crippen LogP contribution in [0.4, 0.5) is 8.78 Å². The first-order valence-electron chi connectivity index (χ1n) is 9.28. The van der Waals surface area contributed by atoms with E-state index >= 15 is 0 Å². The summed E-state index contributed by atoms with van der Waals surface area (Å²) < 4.78 is 27.3. The second kappa shape index (κ2) is 7.20. The summed E-state index contributed by atoms with van der Waals surface area (Å²) >= 11 is 0. The molecule has 0 amide bonds. The number of nitrogens with one attached hydrogen (secondary N) is 1. The molecule has 0 atom stereocenters. The molecule has 0 aliphatic heterocycles. The third kappa shape index (κ3) is 3.66. The Hall–Kier alpha value is -3.41. The van der Waals surface area contributed by atoms with Gasteiger partial charge in [0, 0.05) is 11.1 Å². The van der Waals surface area contributed by atoms with E-state index in [1.165, 1.54) is 6.07 Å². The minimum atomic E-state index is -0.880. The number of pyridine rings is 3. The molecule has 4 nitrogen and oxygen atoms in total. The molecule has 0 radical (unpaired) electrons. The average molecular weight is 390 g/mol. The van der Waals surface area contributed by atoms with Crippen molar-refractivity contribution in [2.45, 2.75) is 26.2 Å². The third-order valence-corrected chi connectivity index (χ3v) is 4.98. The molecule has 0 saturated heterocycles. The molecule has 0 fully saturated rings. The number of halogens is 2. The van der Waals surface area contributed by atoms with Gasteiger partial charge in [-0.3, -0.25) is 9.97 Å². The van der Waals surface area contributed by atoms with Crippen molar-refractivity contribution in [2.75, 3.05) is 0 Å². The van der Waals surface area contributed by atoms with E-state index in [-0.39, 0.29) is 5.56 Å². The molecule has 0 spiro atoms. The first-order valence-corrected chi connectivity index (χ1v) is 9.28. The maximum atomic E-state index is 14.1. The molecule has 4 heterocycles. The van der Waals surface area contributed by atoms with Crippen molar-refractivity contribution in [3.63, 3.8) is 0 Å². The Kier molecular flexibility index (Phi) is 4.70. The summed E-state index contributed by atoms with van der Waals surface area (Å²) in [5.41, 5.74) is 4.45. The molecular weight excluding hydrogens is 370 g/mol. The van der Waals surface area contributed by atoms with Crippen LogP contribution in [0.15, 0.2) is 60.7 Å². The quantitative estimate of drug-likeness (QED) is 0.472. The molecule has 29 heavy (non-hydrogen) atoms. The number of aromatic amines is 1. The van der Waals surface area contributed by atoms with Gasteiger partial charge in [0.15, 0.2) is 0 Å². The van der Waals surface area contributed by atoms with Crippen molar-refractivity contribution in [1.29, 1.82) is 0 Å². The van der Waals surface area contributed by atoms with Crippen LogP contribution in [0.5, 0.6) is 0 Å². The number of hydrogen-bond acceptors (Lipinski definition) is 3. The summed E-state index contributed by atoms with van der Waals surface area (Å²) in [5, 5.41) is 0. The molecule has 4 aromatic heterocycles. The summed E-state index contributed by atoms with van der Waals surface area (Å²) in [6, 6.07) is 17.7. The zero-order valence-corrected chi connectivity index (χ0v) is 16.4. The zero-order valence-electron chi connectivity index (χ0n) is 16.4. The van der Waals surface area contributed by atoms with Gasteiger partial charge in [-0.2, -0.15) is 13.8 Å². The maximum Gasteiger partial charge on any atom is 0.224 e. The second-order valence-electron chi connectivity index (χ2n) is 7.47. The van der Waals surface area contributed by atoms with E-state index in [0.717, 1.165) is 34.5 Å². The zero-order chi connectivity index (χ0) is 20.6. The van der Waals surface area contributed by atoms with E-state index in [1.54, 1.807) is 12.1 Å². The number of aryl methyl sites for hydroxylation is 1. The Bertz CT molecular complexity index is 1180. The number of nitrogens with zero attached hydrogens (tertiary/aromatic N) is 3. The lowest BCUT2D eigenvalue weighted by Crippen LogP contribution is -2.22. The van der Waals surface area contributed by atoms with Gasteiger partial charge in [0.2, 0.25) is 11.9 Å². The van der Waals surface area contributed by atoms with Gasteiger partial charge < -0.3 is 4.98 Å². The maximum absolute atomic E-state index is 14.1. The predicted molar refractivity (Wildman–Crippen MR) is 108 cm³/mol. The molecule has 4 rings (SSSR count). The van der Waals surface area contributed by atoms with Crippen LogP contribution in [0, 0.1) is 18.8 Å². The SMILES string of the molecule is Cc1ccc(-c2cccc(C(C)(C)c3cccc(-c4ccc(F)nc4F)n3)n2)[nH]1. The highest BCUT2D eigenvalue weighted by molar-refractivity contribution is 5.59. The van der Waals surface area contributed by atoms with Crippen LogP contribution in [0.1, 0.15) is 30.9 Å². The summed E-state index contributed by atoms with van der Waals surface area (Å²) in [4.78, 5) is 16.0. The molecule has 0 aromatic carbocycles. The van der Waals surface area contributed by atoms with E-state index in [4.69, 9.17) is 4.98 Å². The third-order valence-electron chi connectivity index (χ3n) is 4.98. The normalized spacial score (nSPS) is 11.6. The fraction of sp³-hybridized carbons (Fsp3) is 0.174. The van der Waals surface area contributed by atoms with Crippen molar-refractivity contribution in [1.82, 2.24) is 19.9 Å². The molecule has 0 aliphatic rings. The highest BCUT2D eigenvalue weighted by Gasteiger charge is 2.27. The molecule has 0 saturated carbocycles. The van der Waals surface area contributed by atoms with Gasteiger partial charge in [0.05, 0.1) is 34.0 Å². The van der Waals surface area contributed by atoms with Crippen LogP contribution < -0.4 is 0 Å². The van der Waals surface area contributed by atoms with Crippen LogP contribution in [-0.2, 0) is 5.41 Å². The summed E-state index contributed by atoms with van der Waals surface area (Å²) in [6.45, 7) is 6.03. The first kappa shape index (κ1) is 18.9. The number of hydrogen-bond donors (Lipinski definition) is 1. The van der Waals surface area contributed by atoms with E-state index in [1.807, 2.05) is 57.2 Å². The topological polar surface area (TPSA) is 54.5 Å². The monoisotopic (exact) mass is 390 g/mol. The molecule has 4 aromatic rings. The van der Waals surface area contributed by atoms with E-state index in [9.17, 15) is 8.78 Å². The van der Waals surface area contributed by atoms with Gasteiger partial charge in [-0.05, 0) is 69.3 Å². The van der Waals surface area contributed by atoms with Gasteiger partial charge in [-0.1, -0.05) is 12.1 Å². The number of aromatic nitrogens is 4. The van der Waals surface area contributed by atoms with Crippen molar-refractivity contribution in [3.05, 3.63) is 89.6 Å². The Morgan fingerprint density at radius 1 is 0.759 bits per heavy atom. The number of rotatable bonds is 4. The molecule has 1 N–H and O–H groups in total. The molecule has 146 valence electrons. The summed E-state index contributed by atoms with van der Waals surface area (Å²) in [6.07, 6.45) is 0. The molecule has 0 aliphatic carbocycles. The fourth-order valence-electron chi connectivity index (χ4n) is 3.25. The Labute approximate surface area is 167 Å². The van der Waals surface area contributed by atoms with E-state index < -0.39 is 17.3 Å². The minimum Gasteiger partial charge on any atom is -0.357 e. The lowest BCUT2D eigenvalue weighted by atomic mass is 9.84. The number of H-pyrrole nitrogens is 1. The van der Waals surface area contributed by atoms with Gasteiger partial charge in [0.1, 0.15) is 0 Å².